The molecule has 0 spiro atoms. The molecule has 82 valence electrons. The molecule has 0 saturated heterocycles. The van der Waals surface area contributed by atoms with Gasteiger partial charge in [0.2, 0.25) is 0 Å². The summed E-state index contributed by atoms with van der Waals surface area (Å²) in [5.41, 5.74) is 5.72. The maximum Gasteiger partial charge on any atom is 2.00 e. The Kier molecular flexibility index (Phi) is 22.5. The first-order valence-corrected chi connectivity index (χ1v) is 3.85. The van der Waals surface area contributed by atoms with Crippen LogP contribution in [0.5, 0.6) is 0 Å². The van der Waals surface area contributed by atoms with E-state index >= 15 is 0 Å². The van der Waals surface area contributed by atoms with E-state index in [9.17, 15) is 14.2 Å². The fraction of sp³-hybridized carbons (Fsp3) is 0. The zero-order valence-corrected chi connectivity index (χ0v) is 15.1. The molecule has 0 fully saturated rings. The van der Waals surface area contributed by atoms with Gasteiger partial charge in [-0.2, -0.15) is 5.48 Å². The monoisotopic (exact) mass is 326 g/mol. The maximum absolute atomic E-state index is 10.2. The first-order chi connectivity index (χ1) is 5.31. The van der Waals surface area contributed by atoms with Gasteiger partial charge in [0.15, 0.2) is 0 Å². The van der Waals surface area contributed by atoms with Gasteiger partial charge in [0.25, 0.3) is 0 Å². The van der Waals surface area contributed by atoms with Gasteiger partial charge >= 0.3 is 133 Å². The van der Waals surface area contributed by atoms with Gasteiger partial charge < -0.3 is 23.7 Å². The van der Waals surface area contributed by atoms with Gasteiger partial charge in [-0.15, -0.1) is 0 Å². The number of hydrogen-bond acceptors (Lipinski definition) is 5. The Morgan fingerprint density at radius 1 is 1.27 bits per heavy atom. The smallest absolute Gasteiger partial charge is 1.00 e. The van der Waals surface area contributed by atoms with E-state index in [-0.39, 0.29) is 122 Å². The van der Waals surface area contributed by atoms with Crippen LogP contribution < -0.4 is 11.2 Å². The number of hydrogen-bond donors (Lipinski definition) is 4. The van der Waals surface area contributed by atoms with Crippen molar-refractivity contribution >= 4 is 133 Å². The Bertz CT molecular complexity index is 261. The number of carbonyl (C=O) groups is 2. The van der Waals surface area contributed by atoms with Crippen molar-refractivity contribution in [3.63, 3.8) is 0 Å². The van der Waals surface area contributed by atoms with Crippen molar-refractivity contribution in [2.24, 2.45) is 5.73 Å². The Balaban J connectivity index is -0.0000000168. The largest absolute Gasteiger partial charge is 2.00 e. The van der Waals surface area contributed by atoms with E-state index in [4.69, 9.17) is 9.79 Å². The number of nitrogens with one attached hydrogen (secondary N) is 1. The van der Waals surface area contributed by atoms with Gasteiger partial charge in [-0.25, -0.2) is 14.2 Å². The standard InChI is InChI=1S/C2H5N2O7P.3Ca.6H/c3-1(5)4-10-2(6)11-12(7,8)9;;;;;;;;;/h(H3,3,4,5)(H2,7,8,9);;;;;;;;;/q;3*+2;6*-1. The number of phosphoric ester groups is 1. The van der Waals surface area contributed by atoms with Crippen LogP contribution >= 0.6 is 7.82 Å². The fourth-order valence-electron chi connectivity index (χ4n) is 0.208. The van der Waals surface area contributed by atoms with Crippen LogP contribution in [0.25, 0.3) is 0 Å². The second kappa shape index (κ2) is 12.9. The van der Waals surface area contributed by atoms with E-state index in [1.54, 1.807) is 0 Å². The van der Waals surface area contributed by atoms with Crippen LogP contribution in [-0.2, 0) is 13.9 Å². The summed E-state index contributed by atoms with van der Waals surface area (Å²) < 4.78 is 13.2. The molecule has 0 heterocycles. The third-order valence-electron chi connectivity index (χ3n) is 0.428. The summed E-state index contributed by atoms with van der Waals surface area (Å²) in [6.07, 6.45) is -1.76. The summed E-state index contributed by atoms with van der Waals surface area (Å²) >= 11 is 0. The number of nitrogens with two attached hydrogens (primary N) is 1. The number of carbonyl (C=O) groups excluding carboxylic acids is 2. The molecule has 0 aromatic rings. The predicted octanol–water partition coefficient (Wildman–Crippen LogP) is -1.65. The van der Waals surface area contributed by atoms with Crippen LogP contribution in [0.1, 0.15) is 8.56 Å². The first-order valence-electron chi connectivity index (χ1n) is 2.32. The van der Waals surface area contributed by atoms with Crippen LogP contribution in [0.2, 0.25) is 0 Å². The van der Waals surface area contributed by atoms with E-state index in [1.165, 1.54) is 5.48 Å². The van der Waals surface area contributed by atoms with Crippen LogP contribution in [0.3, 0.4) is 0 Å². The molecule has 13 heteroatoms. The van der Waals surface area contributed by atoms with E-state index in [0.29, 0.717) is 0 Å². The number of amides is 2. The Labute approximate surface area is 183 Å². The number of hydroxylamine groups is 1. The molecule has 9 nitrogen and oxygen atoms in total. The van der Waals surface area contributed by atoms with E-state index in [2.05, 4.69) is 15.1 Å². The summed E-state index contributed by atoms with van der Waals surface area (Å²) in [5.74, 6) is 0. The summed E-state index contributed by atoms with van der Waals surface area (Å²) in [4.78, 5) is 39.6. The molecule has 0 aromatic heterocycles. The van der Waals surface area contributed by atoms with E-state index in [0.717, 1.165) is 0 Å². The molecule has 0 atom stereocenters. The Morgan fingerprint density at radius 2 is 1.67 bits per heavy atom. The second-order valence-electron chi connectivity index (χ2n) is 1.40. The molecule has 0 radical (unpaired) electrons. The molecular formula is C2H11Ca3N2O7P. The van der Waals surface area contributed by atoms with Crippen molar-refractivity contribution in [1.29, 1.82) is 0 Å². The maximum atomic E-state index is 10.2. The van der Waals surface area contributed by atoms with Gasteiger partial charge in [0, 0.05) is 0 Å². The van der Waals surface area contributed by atoms with Gasteiger partial charge in [-0.05, 0) is 0 Å². The molecule has 0 aliphatic heterocycles. The zero-order chi connectivity index (χ0) is 9.78. The van der Waals surface area contributed by atoms with Crippen LogP contribution in [-0.4, -0.2) is 135 Å². The predicted molar refractivity (Wildman–Crippen MR) is 56.3 cm³/mol. The summed E-state index contributed by atoms with van der Waals surface area (Å²) in [6.45, 7) is 0. The molecule has 0 aliphatic rings. The number of primary amides is 1. The van der Waals surface area contributed by atoms with Gasteiger partial charge in [-0.1, -0.05) is 0 Å². The fourth-order valence-corrected chi connectivity index (χ4v) is 0.439. The first kappa shape index (κ1) is 26.1. The molecule has 0 rings (SSSR count). The van der Waals surface area contributed by atoms with E-state index < -0.39 is 20.0 Å². The molecule has 0 aliphatic carbocycles. The third-order valence-corrected chi connectivity index (χ3v) is 0.815. The van der Waals surface area contributed by atoms with Crippen LogP contribution in [0.15, 0.2) is 0 Å². The number of rotatable bonds is 1. The van der Waals surface area contributed by atoms with Crippen LogP contribution in [0, 0.1) is 0 Å². The van der Waals surface area contributed by atoms with Gasteiger partial charge in [0.05, 0.1) is 0 Å². The average molecular weight is 326 g/mol. The minimum atomic E-state index is -4.95. The molecular weight excluding hydrogens is 315 g/mol. The SMILES string of the molecule is NC(=O)NOC(=O)OP(=O)(O)O.[Ca+2].[Ca+2].[Ca+2].[H-].[H-].[H-].[H-].[H-].[H-]. The molecule has 0 unspecified atom stereocenters. The summed E-state index contributed by atoms with van der Waals surface area (Å²) in [7, 11) is -4.95. The summed E-state index contributed by atoms with van der Waals surface area (Å²) in [6, 6.07) is -1.21. The molecule has 2 amide bonds. The van der Waals surface area contributed by atoms with Gasteiger partial charge in [0.1, 0.15) is 0 Å². The topological polar surface area (TPSA) is 148 Å². The Hall–Kier alpha value is 2.47. The van der Waals surface area contributed by atoms with Crippen molar-refractivity contribution in [1.82, 2.24) is 5.48 Å². The van der Waals surface area contributed by atoms with Crippen molar-refractivity contribution in [3.8, 4) is 0 Å². The molecule has 0 aromatic carbocycles. The third kappa shape index (κ3) is 22.2. The van der Waals surface area contributed by atoms with E-state index in [1.807, 2.05) is 0 Å². The van der Waals surface area contributed by atoms with Gasteiger partial charge in [-0.3, -0.25) is 9.79 Å². The number of urea groups is 1. The summed E-state index contributed by atoms with van der Waals surface area (Å²) in [5, 5.41) is 0. The van der Waals surface area contributed by atoms with Crippen molar-refractivity contribution in [2.45, 2.75) is 0 Å². The normalized spacial score (nSPS) is 8.13. The average Bonchev–Trinajstić information content (AvgIpc) is 1.79. The minimum absolute atomic E-state index is 0. The second-order valence-corrected chi connectivity index (χ2v) is 2.56. The van der Waals surface area contributed by atoms with Crippen LogP contribution in [0.4, 0.5) is 9.59 Å². The molecule has 0 bridgehead atoms. The molecule has 15 heavy (non-hydrogen) atoms. The number of phosphoric acid groups is 1. The molecule has 5 N–H and O–H groups in total. The quantitative estimate of drug-likeness (QED) is 0.256. The van der Waals surface area contributed by atoms with Crippen molar-refractivity contribution in [3.05, 3.63) is 0 Å². The van der Waals surface area contributed by atoms with Crippen molar-refractivity contribution in [2.75, 3.05) is 0 Å². The Morgan fingerprint density at radius 3 is 1.93 bits per heavy atom. The minimum Gasteiger partial charge on any atom is -1.00 e. The van der Waals surface area contributed by atoms with Crippen molar-refractivity contribution < 1.29 is 41.9 Å². The zero-order valence-electron chi connectivity index (χ0n) is 13.6. The molecule has 0 saturated carbocycles.